The van der Waals surface area contributed by atoms with Gasteiger partial charge in [-0.3, -0.25) is 14.9 Å². The summed E-state index contributed by atoms with van der Waals surface area (Å²) in [4.78, 5) is 23.1. The molecular weight excluding hydrogens is 548 g/mol. The van der Waals surface area contributed by atoms with Gasteiger partial charge in [0.05, 0.1) is 32.7 Å². The number of para-hydroxylation sites is 1. The number of allylic oxidation sites excluding steroid dienone is 1. The lowest BCUT2D eigenvalue weighted by atomic mass is 10.1. The van der Waals surface area contributed by atoms with Crippen molar-refractivity contribution in [1.29, 1.82) is 0 Å². The summed E-state index contributed by atoms with van der Waals surface area (Å²) in [5.41, 5.74) is 0.935. The Labute approximate surface area is 219 Å². The highest BCUT2D eigenvalue weighted by atomic mass is 35.5. The van der Waals surface area contributed by atoms with E-state index < -0.39 is 10.7 Å². The molecule has 0 atom stereocenters. The first kappa shape index (κ1) is 26.1. The van der Waals surface area contributed by atoms with E-state index in [4.69, 9.17) is 67.5 Å². The van der Waals surface area contributed by atoms with Crippen LogP contribution >= 0.6 is 58.0 Å². The van der Waals surface area contributed by atoms with Crippen molar-refractivity contribution < 1.29 is 19.2 Å². The van der Waals surface area contributed by atoms with Crippen LogP contribution in [0.25, 0.3) is 6.08 Å². The summed E-state index contributed by atoms with van der Waals surface area (Å²) in [6, 6.07) is 10.8. The highest BCUT2D eigenvalue weighted by Gasteiger charge is 2.21. The number of nitrogens with zero attached hydrogens (tertiary/aromatic N) is 1. The fourth-order valence-corrected chi connectivity index (χ4v) is 4.21. The highest BCUT2D eigenvalue weighted by molar-refractivity contribution is 6.55. The number of carbonyl (C=O) groups is 1. The van der Waals surface area contributed by atoms with Crippen molar-refractivity contribution in [2.24, 2.45) is 0 Å². The standard InChI is InChI=1S/C23H14Cl5NO5/c1-33-17-9-7-12(6-8-16(30)14-4-2-3-5-15(14)29(31)32)10-13(17)11-34-23-21(27)19(25)18(24)20(26)22(23)28/h2-10H,11H2,1H3/b8-6+. The van der Waals surface area contributed by atoms with Crippen molar-refractivity contribution in [3.05, 3.63) is 100 Å². The van der Waals surface area contributed by atoms with Crippen LogP contribution in [0.15, 0.2) is 48.5 Å². The third-order valence-corrected chi connectivity index (χ3v) is 6.88. The van der Waals surface area contributed by atoms with Gasteiger partial charge in [0.2, 0.25) is 0 Å². The maximum Gasteiger partial charge on any atom is 0.280 e. The summed E-state index contributed by atoms with van der Waals surface area (Å²) in [5, 5.41) is 11.2. The Morgan fingerprint density at radius 2 is 1.59 bits per heavy atom. The Bertz CT molecular complexity index is 1280. The molecule has 0 heterocycles. The fourth-order valence-electron chi connectivity index (χ4n) is 2.98. The van der Waals surface area contributed by atoms with Crippen LogP contribution in [0.1, 0.15) is 21.5 Å². The van der Waals surface area contributed by atoms with Crippen molar-refractivity contribution in [2.75, 3.05) is 7.11 Å². The van der Waals surface area contributed by atoms with E-state index in [2.05, 4.69) is 0 Å². The third kappa shape index (κ3) is 5.59. The van der Waals surface area contributed by atoms with Crippen molar-refractivity contribution >= 4 is 75.6 Å². The normalized spacial score (nSPS) is 11.0. The van der Waals surface area contributed by atoms with E-state index in [-0.39, 0.29) is 48.7 Å². The molecule has 176 valence electrons. The van der Waals surface area contributed by atoms with Gasteiger partial charge in [-0.05, 0) is 29.8 Å². The van der Waals surface area contributed by atoms with E-state index in [0.717, 1.165) is 0 Å². The Morgan fingerprint density at radius 3 is 2.21 bits per heavy atom. The molecule has 0 N–H and O–H groups in total. The minimum Gasteiger partial charge on any atom is -0.496 e. The number of halogens is 5. The minimum absolute atomic E-state index is 0.00454. The van der Waals surface area contributed by atoms with Crippen LogP contribution in [0, 0.1) is 10.1 Å². The second-order valence-corrected chi connectivity index (χ2v) is 8.62. The van der Waals surface area contributed by atoms with Gasteiger partial charge in [-0.25, -0.2) is 0 Å². The number of carbonyl (C=O) groups excluding carboxylic acids is 1. The maximum atomic E-state index is 12.5. The lowest BCUT2D eigenvalue weighted by molar-refractivity contribution is -0.385. The van der Waals surface area contributed by atoms with Gasteiger partial charge in [-0.1, -0.05) is 82.3 Å². The number of methoxy groups -OCH3 is 1. The lowest BCUT2D eigenvalue weighted by Crippen LogP contribution is -2.02. The van der Waals surface area contributed by atoms with Crippen LogP contribution < -0.4 is 9.47 Å². The molecular formula is C23H14Cl5NO5. The van der Waals surface area contributed by atoms with Gasteiger partial charge in [-0.2, -0.15) is 0 Å². The molecule has 0 aliphatic carbocycles. The smallest absolute Gasteiger partial charge is 0.280 e. The van der Waals surface area contributed by atoms with E-state index in [9.17, 15) is 14.9 Å². The number of nitro benzene ring substituents is 1. The van der Waals surface area contributed by atoms with Crippen molar-refractivity contribution in [3.8, 4) is 11.5 Å². The number of ether oxygens (including phenoxy) is 2. The van der Waals surface area contributed by atoms with Gasteiger partial charge in [-0.15, -0.1) is 0 Å². The number of nitro groups is 1. The summed E-state index contributed by atoms with van der Waals surface area (Å²) in [5.74, 6) is 0.0443. The molecule has 6 nitrogen and oxygen atoms in total. The van der Waals surface area contributed by atoms with E-state index >= 15 is 0 Å². The van der Waals surface area contributed by atoms with Gasteiger partial charge < -0.3 is 9.47 Å². The largest absolute Gasteiger partial charge is 0.496 e. The minimum atomic E-state index is -0.602. The quantitative estimate of drug-likeness (QED) is 0.0690. The first-order valence-corrected chi connectivity index (χ1v) is 11.3. The number of hydrogen-bond acceptors (Lipinski definition) is 5. The number of ketones is 1. The predicted octanol–water partition coefficient (Wildman–Crippen LogP) is 8.35. The van der Waals surface area contributed by atoms with Crippen LogP contribution in [-0.4, -0.2) is 17.8 Å². The van der Waals surface area contributed by atoms with Crippen LogP contribution in [-0.2, 0) is 6.61 Å². The Kier molecular flexibility index (Phi) is 8.68. The van der Waals surface area contributed by atoms with E-state index in [1.54, 1.807) is 24.3 Å². The van der Waals surface area contributed by atoms with Crippen LogP contribution in [0.4, 0.5) is 5.69 Å². The molecule has 3 aromatic carbocycles. The maximum absolute atomic E-state index is 12.5. The molecule has 3 rings (SSSR count). The zero-order chi connectivity index (χ0) is 25.0. The summed E-state index contributed by atoms with van der Waals surface area (Å²) in [6.07, 6.45) is 2.78. The van der Waals surface area contributed by atoms with Crippen molar-refractivity contribution in [2.45, 2.75) is 6.61 Å². The summed E-state index contributed by atoms with van der Waals surface area (Å²) >= 11 is 30.6. The monoisotopic (exact) mass is 559 g/mol. The number of rotatable bonds is 8. The molecule has 0 unspecified atom stereocenters. The second-order valence-electron chi connectivity index (χ2n) is 6.73. The topological polar surface area (TPSA) is 78.7 Å². The third-order valence-electron chi connectivity index (χ3n) is 4.64. The predicted molar refractivity (Wildman–Crippen MR) is 135 cm³/mol. The molecule has 34 heavy (non-hydrogen) atoms. The molecule has 11 heteroatoms. The molecule has 0 radical (unpaired) electrons. The molecule has 0 aromatic heterocycles. The van der Waals surface area contributed by atoms with Gasteiger partial charge in [0.1, 0.15) is 22.4 Å². The molecule has 0 amide bonds. The molecule has 0 bridgehead atoms. The van der Waals surface area contributed by atoms with Crippen molar-refractivity contribution in [1.82, 2.24) is 0 Å². The molecule has 0 fully saturated rings. The van der Waals surface area contributed by atoms with Gasteiger partial charge in [0.15, 0.2) is 11.5 Å². The summed E-state index contributed by atoms with van der Waals surface area (Å²) < 4.78 is 11.1. The first-order chi connectivity index (χ1) is 16.1. The zero-order valence-electron chi connectivity index (χ0n) is 17.3. The summed E-state index contributed by atoms with van der Waals surface area (Å²) in [7, 11) is 1.49. The zero-order valence-corrected chi connectivity index (χ0v) is 21.1. The Hall–Kier alpha value is -2.48. The van der Waals surface area contributed by atoms with Crippen LogP contribution in [0.5, 0.6) is 11.5 Å². The highest BCUT2D eigenvalue weighted by Crippen LogP contribution is 2.48. The van der Waals surface area contributed by atoms with Gasteiger partial charge in [0.25, 0.3) is 5.69 Å². The van der Waals surface area contributed by atoms with Crippen LogP contribution in [0.3, 0.4) is 0 Å². The van der Waals surface area contributed by atoms with Crippen LogP contribution in [0.2, 0.25) is 25.1 Å². The molecule has 0 spiro atoms. The SMILES string of the molecule is COc1ccc(/C=C/C(=O)c2ccccc2[N+](=O)[O-])cc1COc1c(Cl)c(Cl)c(Cl)c(Cl)c1Cl. The second kappa shape index (κ2) is 11.3. The van der Waals surface area contributed by atoms with Gasteiger partial charge in [0, 0.05) is 11.6 Å². The fraction of sp³-hybridized carbons (Fsp3) is 0.0870. The Balaban J connectivity index is 1.87. The average Bonchev–Trinajstić information content (AvgIpc) is 2.84. The Morgan fingerprint density at radius 1 is 0.971 bits per heavy atom. The van der Waals surface area contributed by atoms with E-state index in [0.29, 0.717) is 16.9 Å². The first-order valence-electron chi connectivity index (χ1n) is 9.42. The average molecular weight is 562 g/mol. The lowest BCUT2D eigenvalue weighted by Gasteiger charge is -2.15. The summed E-state index contributed by atoms with van der Waals surface area (Å²) in [6.45, 7) is -0.0311. The van der Waals surface area contributed by atoms with E-state index in [1.807, 2.05) is 0 Å². The molecule has 3 aromatic rings. The van der Waals surface area contributed by atoms with Crippen molar-refractivity contribution in [3.63, 3.8) is 0 Å². The molecule has 0 saturated carbocycles. The molecule has 0 saturated heterocycles. The van der Waals surface area contributed by atoms with Gasteiger partial charge >= 0.3 is 0 Å². The van der Waals surface area contributed by atoms with E-state index in [1.165, 1.54) is 37.5 Å². The number of benzene rings is 3. The molecule has 0 aliphatic heterocycles. The number of hydrogen-bond donors (Lipinski definition) is 0. The molecule has 0 aliphatic rings.